The maximum absolute atomic E-state index is 8.01. The average Bonchev–Trinajstić information content (AvgIpc) is 1.80. The third-order valence-electron chi connectivity index (χ3n) is 0.521. The van der Waals surface area contributed by atoms with Gasteiger partial charge in [-0.3, -0.25) is 5.43 Å². The van der Waals surface area contributed by atoms with Gasteiger partial charge in [-0.15, -0.1) is 0 Å². The van der Waals surface area contributed by atoms with Gasteiger partial charge in [-0.05, 0) is 13.8 Å². The van der Waals surface area contributed by atoms with Crippen LogP contribution in [0.2, 0.25) is 0 Å². The zero-order valence-electron chi connectivity index (χ0n) is 5.55. The van der Waals surface area contributed by atoms with E-state index in [1.54, 1.807) is 0 Å². The number of allylic oxidation sites excluding steroid dienone is 1. The summed E-state index contributed by atoms with van der Waals surface area (Å²) >= 11 is 0. The Morgan fingerprint density at radius 1 is 1.67 bits per heavy atom. The molecule has 1 N–H and O–H groups in total. The van der Waals surface area contributed by atoms with Gasteiger partial charge < -0.3 is 0 Å². The maximum atomic E-state index is 8.01. The van der Waals surface area contributed by atoms with Gasteiger partial charge in [0.05, 0.1) is 6.07 Å². The molecule has 0 aromatic rings. The summed E-state index contributed by atoms with van der Waals surface area (Å²) in [5.41, 5.74) is 3.50. The average molecular weight is 123 g/mol. The van der Waals surface area contributed by atoms with Crippen molar-refractivity contribution in [1.82, 2.24) is 5.43 Å². The Balaban J connectivity index is 3.44. The van der Waals surface area contributed by atoms with E-state index in [2.05, 4.69) is 10.5 Å². The Hall–Kier alpha value is -1.30. The predicted molar refractivity (Wildman–Crippen MR) is 36.7 cm³/mol. The van der Waals surface area contributed by atoms with Gasteiger partial charge in [0.15, 0.2) is 0 Å². The molecule has 0 aliphatic carbocycles. The molecule has 0 unspecified atom stereocenters. The lowest BCUT2D eigenvalue weighted by molar-refractivity contribution is 0.963. The highest BCUT2D eigenvalue weighted by Gasteiger charge is 1.70. The molecule has 0 spiro atoms. The fourth-order valence-corrected chi connectivity index (χ4v) is 0.241. The van der Waals surface area contributed by atoms with Crippen LogP contribution < -0.4 is 5.43 Å². The molecule has 0 aliphatic heterocycles. The molecule has 0 saturated heterocycles. The van der Waals surface area contributed by atoms with E-state index in [0.717, 1.165) is 5.71 Å². The fourth-order valence-electron chi connectivity index (χ4n) is 0.241. The predicted octanol–water partition coefficient (Wildman–Crippen LogP) is 1.01. The third kappa shape index (κ3) is 6.70. The van der Waals surface area contributed by atoms with E-state index in [4.69, 9.17) is 5.26 Å². The molecule has 3 heteroatoms. The second-order valence-electron chi connectivity index (χ2n) is 1.65. The van der Waals surface area contributed by atoms with Gasteiger partial charge in [0.1, 0.15) is 0 Å². The van der Waals surface area contributed by atoms with Crippen LogP contribution in [0.3, 0.4) is 0 Å². The summed E-state index contributed by atoms with van der Waals surface area (Å²) in [7, 11) is 0. The minimum Gasteiger partial charge on any atom is -0.285 e. The van der Waals surface area contributed by atoms with Crippen LogP contribution in [0.15, 0.2) is 17.4 Å². The first kappa shape index (κ1) is 7.70. The van der Waals surface area contributed by atoms with Crippen LogP contribution in [0.1, 0.15) is 13.8 Å². The first-order valence-electron chi connectivity index (χ1n) is 2.58. The van der Waals surface area contributed by atoms with Gasteiger partial charge in [0.2, 0.25) is 0 Å². The fraction of sp³-hybridized carbons (Fsp3) is 0.333. The van der Waals surface area contributed by atoms with Gasteiger partial charge in [-0.1, -0.05) is 0 Å². The van der Waals surface area contributed by atoms with Crippen LogP contribution in [0.4, 0.5) is 0 Å². The van der Waals surface area contributed by atoms with Crippen LogP contribution in [0.5, 0.6) is 0 Å². The van der Waals surface area contributed by atoms with Crippen molar-refractivity contribution in [3.63, 3.8) is 0 Å². The molecule has 0 radical (unpaired) electrons. The molecule has 0 bridgehead atoms. The monoisotopic (exact) mass is 123 g/mol. The van der Waals surface area contributed by atoms with Gasteiger partial charge in [-0.25, -0.2) is 0 Å². The molecule has 0 fully saturated rings. The molecule has 0 heterocycles. The van der Waals surface area contributed by atoms with Crippen LogP contribution in [0, 0.1) is 11.3 Å². The molecular weight excluding hydrogens is 114 g/mol. The van der Waals surface area contributed by atoms with Crippen LogP contribution in [-0.4, -0.2) is 5.71 Å². The van der Waals surface area contributed by atoms with Crippen LogP contribution in [-0.2, 0) is 0 Å². The Kier molecular flexibility index (Phi) is 4.15. The summed E-state index contributed by atoms with van der Waals surface area (Å²) in [6, 6.07) is 1.83. The molecule has 0 atom stereocenters. The van der Waals surface area contributed by atoms with E-state index in [9.17, 15) is 0 Å². The lowest BCUT2D eigenvalue weighted by Crippen LogP contribution is -1.96. The number of nitrogens with one attached hydrogen (secondary N) is 1. The summed E-state index contributed by atoms with van der Waals surface area (Å²) in [5, 5.41) is 11.8. The van der Waals surface area contributed by atoms with Gasteiger partial charge >= 0.3 is 0 Å². The molecule has 3 nitrogen and oxygen atoms in total. The molecule has 0 aliphatic rings. The van der Waals surface area contributed by atoms with E-state index in [1.807, 2.05) is 19.9 Å². The third-order valence-corrected chi connectivity index (χ3v) is 0.521. The van der Waals surface area contributed by atoms with E-state index < -0.39 is 0 Å². The Labute approximate surface area is 54.7 Å². The molecule has 48 valence electrons. The molecular formula is C6H9N3. The normalized spacial score (nSPS) is 8.56. The van der Waals surface area contributed by atoms with E-state index in [0.29, 0.717) is 0 Å². The summed E-state index contributed by atoms with van der Waals surface area (Å²) in [6.07, 6.45) is 2.80. The van der Waals surface area contributed by atoms with Crippen molar-refractivity contribution in [3.8, 4) is 6.07 Å². The molecule has 0 rings (SSSR count). The Bertz CT molecular complexity index is 158. The number of hydrogen-bond donors (Lipinski definition) is 1. The molecule has 9 heavy (non-hydrogen) atoms. The number of rotatable bonds is 2. The second-order valence-corrected chi connectivity index (χ2v) is 1.65. The standard InChI is InChI=1S/C6H9N3/c1-6(2)9-8-5-3-4-7/h3,5,8H,1-2H3/b5-3+. The molecule has 0 aromatic carbocycles. The number of hydrogen-bond acceptors (Lipinski definition) is 3. The van der Waals surface area contributed by atoms with E-state index in [1.165, 1.54) is 12.3 Å². The number of nitriles is 1. The number of nitrogens with zero attached hydrogens (tertiary/aromatic N) is 2. The zero-order valence-corrected chi connectivity index (χ0v) is 5.55. The first-order chi connectivity index (χ1) is 4.27. The zero-order chi connectivity index (χ0) is 7.11. The quantitative estimate of drug-likeness (QED) is 0.338. The smallest absolute Gasteiger partial charge is 0.0927 e. The van der Waals surface area contributed by atoms with E-state index >= 15 is 0 Å². The summed E-state index contributed by atoms with van der Waals surface area (Å²) in [6.45, 7) is 3.74. The largest absolute Gasteiger partial charge is 0.285 e. The van der Waals surface area contributed by atoms with Gasteiger partial charge in [0.25, 0.3) is 0 Å². The van der Waals surface area contributed by atoms with Crippen molar-refractivity contribution in [2.24, 2.45) is 5.10 Å². The van der Waals surface area contributed by atoms with Gasteiger partial charge in [0, 0.05) is 18.0 Å². The minimum absolute atomic E-state index is 0.928. The summed E-state index contributed by atoms with van der Waals surface area (Å²) < 4.78 is 0. The van der Waals surface area contributed by atoms with Crippen LogP contribution >= 0.6 is 0 Å². The lowest BCUT2D eigenvalue weighted by atomic mass is 10.5. The SMILES string of the molecule is CC(C)=NN/C=C/C#N. The summed E-state index contributed by atoms with van der Waals surface area (Å²) in [5.74, 6) is 0. The van der Waals surface area contributed by atoms with Crippen molar-refractivity contribution in [1.29, 1.82) is 5.26 Å². The van der Waals surface area contributed by atoms with E-state index in [-0.39, 0.29) is 0 Å². The lowest BCUT2D eigenvalue weighted by Gasteiger charge is -1.87. The van der Waals surface area contributed by atoms with Crippen molar-refractivity contribution in [2.75, 3.05) is 0 Å². The molecule has 0 aromatic heterocycles. The highest BCUT2D eigenvalue weighted by Crippen LogP contribution is 1.69. The molecule has 0 saturated carbocycles. The Morgan fingerprint density at radius 2 is 2.33 bits per heavy atom. The number of hydrazone groups is 1. The maximum Gasteiger partial charge on any atom is 0.0927 e. The highest BCUT2D eigenvalue weighted by molar-refractivity contribution is 5.78. The van der Waals surface area contributed by atoms with Crippen LogP contribution in [0.25, 0.3) is 0 Å². The second kappa shape index (κ2) is 4.85. The van der Waals surface area contributed by atoms with Crippen molar-refractivity contribution >= 4 is 5.71 Å². The Morgan fingerprint density at radius 3 is 2.78 bits per heavy atom. The van der Waals surface area contributed by atoms with Crippen molar-refractivity contribution in [3.05, 3.63) is 12.3 Å². The molecule has 0 amide bonds. The minimum atomic E-state index is 0.928. The van der Waals surface area contributed by atoms with Crippen molar-refractivity contribution in [2.45, 2.75) is 13.8 Å². The van der Waals surface area contributed by atoms with Crippen molar-refractivity contribution < 1.29 is 0 Å². The van der Waals surface area contributed by atoms with Gasteiger partial charge in [-0.2, -0.15) is 10.4 Å². The highest BCUT2D eigenvalue weighted by atomic mass is 15.3. The first-order valence-corrected chi connectivity index (χ1v) is 2.58. The topological polar surface area (TPSA) is 48.2 Å². The summed E-state index contributed by atoms with van der Waals surface area (Å²) in [4.78, 5) is 0.